The molecule has 0 aromatic heterocycles. The number of hydrogen-bond acceptors (Lipinski definition) is 6. The minimum absolute atomic E-state index is 0.259. The van der Waals surface area contributed by atoms with Crippen molar-refractivity contribution in [1.29, 1.82) is 0 Å². The Hall–Kier alpha value is -1.96. The summed E-state index contributed by atoms with van der Waals surface area (Å²) in [5.41, 5.74) is -2.73. The van der Waals surface area contributed by atoms with Crippen molar-refractivity contribution in [2.75, 3.05) is 6.61 Å². The van der Waals surface area contributed by atoms with Gasteiger partial charge >= 0.3 is 17.9 Å². The van der Waals surface area contributed by atoms with Crippen LogP contribution < -0.4 is 0 Å². The summed E-state index contributed by atoms with van der Waals surface area (Å²) in [5.74, 6) is -4.59. The Morgan fingerprint density at radius 3 is 2.12 bits per heavy atom. The third-order valence-corrected chi connectivity index (χ3v) is 1.59. The maximum atomic E-state index is 10.9. The van der Waals surface area contributed by atoms with E-state index < -0.39 is 43.0 Å². The lowest BCUT2D eigenvalue weighted by Gasteiger charge is -2.19. The molecule has 3 N–H and O–H groups in total. The zero-order valence-corrected chi connectivity index (χ0v) is 8.08. The molecule has 0 aromatic rings. The van der Waals surface area contributed by atoms with Crippen LogP contribution in [0.1, 0.15) is 12.8 Å². The predicted molar refractivity (Wildman–Crippen MR) is 46.5 cm³/mol. The molecule has 90 valence electrons. The molecule has 0 aliphatic carbocycles. The van der Waals surface area contributed by atoms with Crippen molar-refractivity contribution in [3.63, 3.8) is 0 Å². The number of aliphatic carboxylic acids is 2. The van der Waals surface area contributed by atoms with Crippen LogP contribution in [0.4, 0.5) is 0 Å². The second-order valence-corrected chi connectivity index (χ2v) is 2.93. The van der Waals surface area contributed by atoms with Crippen LogP contribution in [0.2, 0.25) is 0 Å². The molecule has 0 heterocycles. The molecule has 1 unspecified atom stereocenters. The van der Waals surface area contributed by atoms with Gasteiger partial charge in [0.15, 0.2) is 11.9 Å². The van der Waals surface area contributed by atoms with Crippen LogP contribution in [0.5, 0.6) is 0 Å². The second kappa shape index (κ2) is 5.81. The maximum Gasteiger partial charge on any atom is 0.336 e. The summed E-state index contributed by atoms with van der Waals surface area (Å²) in [5, 5.41) is 26.3. The Labute approximate surface area is 89.4 Å². The van der Waals surface area contributed by atoms with Gasteiger partial charge in [0.1, 0.15) is 6.61 Å². The van der Waals surface area contributed by atoms with Crippen LogP contribution in [0.25, 0.3) is 0 Å². The van der Waals surface area contributed by atoms with Crippen LogP contribution in [0.15, 0.2) is 0 Å². The molecule has 0 spiro atoms. The second-order valence-electron chi connectivity index (χ2n) is 2.93. The Morgan fingerprint density at radius 1 is 1.19 bits per heavy atom. The lowest BCUT2D eigenvalue weighted by Crippen LogP contribution is -2.43. The summed E-state index contributed by atoms with van der Waals surface area (Å²) in [6.45, 7) is -0.582. The van der Waals surface area contributed by atoms with Gasteiger partial charge in [0, 0.05) is 0 Å². The first-order chi connectivity index (χ1) is 7.31. The fraction of sp³-hybridized carbons (Fsp3) is 0.500. The summed E-state index contributed by atoms with van der Waals surface area (Å²) in [6.07, 6.45) is -1.92. The van der Waals surface area contributed by atoms with Crippen molar-refractivity contribution in [3.8, 4) is 0 Å². The quantitative estimate of drug-likeness (QED) is 0.354. The lowest BCUT2D eigenvalue weighted by molar-refractivity contribution is -0.172. The molecule has 0 rings (SSSR count). The molecule has 0 bridgehead atoms. The number of carbonyl (C=O) groups is 4. The minimum Gasteiger partial charge on any atom is -0.481 e. The molecular weight excluding hydrogens is 224 g/mol. The van der Waals surface area contributed by atoms with Gasteiger partial charge in [0.25, 0.3) is 0 Å². The van der Waals surface area contributed by atoms with E-state index in [0.29, 0.717) is 0 Å². The largest absolute Gasteiger partial charge is 0.481 e. The minimum atomic E-state index is -2.73. The molecule has 0 aliphatic heterocycles. The van der Waals surface area contributed by atoms with E-state index in [1.165, 1.54) is 0 Å². The topological polar surface area (TPSA) is 138 Å². The Bertz CT molecular complexity index is 309. The molecule has 0 saturated heterocycles. The van der Waals surface area contributed by atoms with E-state index in [2.05, 4.69) is 4.74 Å². The van der Waals surface area contributed by atoms with Gasteiger partial charge in [-0.2, -0.15) is 0 Å². The van der Waals surface area contributed by atoms with Crippen LogP contribution in [0, 0.1) is 0 Å². The highest BCUT2D eigenvalue weighted by Gasteiger charge is 2.41. The third-order valence-electron chi connectivity index (χ3n) is 1.59. The van der Waals surface area contributed by atoms with Crippen LogP contribution in [0.3, 0.4) is 0 Å². The van der Waals surface area contributed by atoms with Crippen molar-refractivity contribution in [1.82, 2.24) is 0 Å². The van der Waals surface area contributed by atoms with Crippen LogP contribution in [-0.2, 0) is 23.9 Å². The molecule has 0 amide bonds. The number of esters is 1. The average Bonchev–Trinajstić information content (AvgIpc) is 2.12. The van der Waals surface area contributed by atoms with E-state index in [1.54, 1.807) is 0 Å². The van der Waals surface area contributed by atoms with Crippen molar-refractivity contribution < 1.29 is 39.2 Å². The average molecular weight is 234 g/mol. The summed E-state index contributed by atoms with van der Waals surface area (Å²) in [4.78, 5) is 41.6. The number of aldehydes is 1. The molecule has 0 radical (unpaired) electrons. The summed E-state index contributed by atoms with van der Waals surface area (Å²) < 4.78 is 4.20. The van der Waals surface area contributed by atoms with Gasteiger partial charge in [-0.3, -0.25) is 14.4 Å². The molecule has 0 saturated carbocycles. The molecular formula is C8H10O8. The number of aliphatic hydroxyl groups is 1. The van der Waals surface area contributed by atoms with Gasteiger partial charge in [-0.05, 0) is 0 Å². The SMILES string of the molecule is O=CCOC(=O)CC(O)(CC(=O)O)C(=O)O. The van der Waals surface area contributed by atoms with Crippen LogP contribution in [-0.4, -0.2) is 51.7 Å². The standard InChI is InChI=1S/C8H10O8/c9-1-2-16-6(12)4-8(15,7(13)14)3-5(10)11/h1,15H,2-4H2,(H,10,11)(H,13,14). The lowest BCUT2D eigenvalue weighted by atomic mass is 9.96. The van der Waals surface area contributed by atoms with Crippen LogP contribution >= 0.6 is 0 Å². The zero-order valence-electron chi connectivity index (χ0n) is 8.08. The van der Waals surface area contributed by atoms with Crippen molar-refractivity contribution >= 4 is 24.2 Å². The first kappa shape index (κ1) is 14.0. The van der Waals surface area contributed by atoms with E-state index in [0.717, 1.165) is 0 Å². The van der Waals surface area contributed by atoms with Gasteiger partial charge < -0.3 is 20.1 Å². The van der Waals surface area contributed by atoms with Gasteiger partial charge in [0.2, 0.25) is 0 Å². The zero-order chi connectivity index (χ0) is 12.8. The molecule has 8 heteroatoms. The number of hydrogen-bond donors (Lipinski definition) is 3. The maximum absolute atomic E-state index is 10.9. The Morgan fingerprint density at radius 2 is 1.75 bits per heavy atom. The first-order valence-electron chi connectivity index (χ1n) is 4.08. The number of carboxylic acids is 2. The van der Waals surface area contributed by atoms with Gasteiger partial charge in [0.05, 0.1) is 12.8 Å². The summed E-state index contributed by atoms with van der Waals surface area (Å²) in [7, 11) is 0. The smallest absolute Gasteiger partial charge is 0.336 e. The Balaban J connectivity index is 4.55. The number of carboxylic acid groups (broad SMARTS) is 2. The van der Waals surface area contributed by atoms with Crippen molar-refractivity contribution in [2.45, 2.75) is 18.4 Å². The molecule has 0 aliphatic rings. The van der Waals surface area contributed by atoms with E-state index in [1.807, 2.05) is 0 Å². The van der Waals surface area contributed by atoms with E-state index in [9.17, 15) is 24.3 Å². The number of rotatable bonds is 7. The predicted octanol–water partition coefficient (Wildman–Crippen LogP) is -1.59. The number of ether oxygens (including phenoxy) is 1. The normalized spacial score (nSPS) is 13.6. The third kappa shape index (κ3) is 4.51. The fourth-order valence-corrected chi connectivity index (χ4v) is 0.881. The van der Waals surface area contributed by atoms with E-state index in [-0.39, 0.29) is 6.29 Å². The first-order valence-corrected chi connectivity index (χ1v) is 4.08. The van der Waals surface area contributed by atoms with E-state index in [4.69, 9.17) is 10.2 Å². The molecule has 1 atom stereocenters. The van der Waals surface area contributed by atoms with Crippen molar-refractivity contribution in [3.05, 3.63) is 0 Å². The summed E-state index contributed by atoms with van der Waals surface area (Å²) in [6, 6.07) is 0. The number of carbonyl (C=O) groups excluding carboxylic acids is 2. The Kier molecular flexibility index (Phi) is 5.10. The molecule has 0 aromatic carbocycles. The highest BCUT2D eigenvalue weighted by atomic mass is 16.5. The fourth-order valence-electron chi connectivity index (χ4n) is 0.881. The highest BCUT2D eigenvalue weighted by Crippen LogP contribution is 2.16. The van der Waals surface area contributed by atoms with Gasteiger partial charge in [-0.25, -0.2) is 4.79 Å². The highest BCUT2D eigenvalue weighted by molar-refractivity contribution is 5.88. The van der Waals surface area contributed by atoms with Crippen molar-refractivity contribution in [2.24, 2.45) is 0 Å². The molecule has 16 heavy (non-hydrogen) atoms. The summed E-state index contributed by atoms with van der Waals surface area (Å²) >= 11 is 0. The van der Waals surface area contributed by atoms with Gasteiger partial charge in [-0.1, -0.05) is 0 Å². The monoisotopic (exact) mass is 234 g/mol. The molecule has 0 fully saturated rings. The molecule has 8 nitrogen and oxygen atoms in total. The van der Waals surface area contributed by atoms with E-state index >= 15 is 0 Å². The van der Waals surface area contributed by atoms with Gasteiger partial charge in [-0.15, -0.1) is 0 Å².